The largest absolute Gasteiger partial charge is 0.507 e. The van der Waals surface area contributed by atoms with E-state index in [-0.39, 0.29) is 12.4 Å². The molecular weight excluding hydrogens is 312 g/mol. The Kier molecular flexibility index (Phi) is 4.14. The van der Waals surface area contributed by atoms with E-state index in [1.54, 1.807) is 6.07 Å². The highest BCUT2D eigenvalue weighted by Crippen LogP contribution is 2.38. The van der Waals surface area contributed by atoms with E-state index in [2.05, 4.69) is 15.9 Å². The number of cyclic esters (lactones) is 1. The van der Waals surface area contributed by atoms with Gasteiger partial charge < -0.3 is 14.6 Å². The second kappa shape index (κ2) is 5.65. The molecule has 4 nitrogen and oxygen atoms in total. The first-order valence-electron chi connectivity index (χ1n) is 5.89. The highest BCUT2D eigenvalue weighted by Gasteiger charge is 2.28. The molecule has 0 saturated carbocycles. The monoisotopic (exact) mass is 326 g/mol. The number of fused-ring (bicyclic) bond motifs is 1. The van der Waals surface area contributed by atoms with Gasteiger partial charge in [0.05, 0.1) is 12.7 Å². The lowest BCUT2D eigenvalue weighted by Crippen LogP contribution is -1.99. The van der Waals surface area contributed by atoms with Crippen molar-refractivity contribution in [3.05, 3.63) is 34.4 Å². The molecule has 0 bridgehead atoms. The summed E-state index contributed by atoms with van der Waals surface area (Å²) in [5, 5.41) is 11.1. The Bertz CT molecular complexity index is 549. The molecule has 2 rings (SSSR count). The van der Waals surface area contributed by atoms with Crippen LogP contribution in [-0.4, -0.2) is 23.5 Å². The van der Waals surface area contributed by atoms with Crippen molar-refractivity contribution in [2.75, 3.05) is 12.4 Å². The summed E-state index contributed by atoms with van der Waals surface area (Å²) in [7, 11) is 1.52. The van der Waals surface area contributed by atoms with Crippen molar-refractivity contribution in [2.24, 2.45) is 0 Å². The minimum atomic E-state index is -0.415. The summed E-state index contributed by atoms with van der Waals surface area (Å²) in [4.78, 5) is 11.5. The Morgan fingerprint density at radius 1 is 1.63 bits per heavy atom. The van der Waals surface area contributed by atoms with Gasteiger partial charge in [0.15, 0.2) is 0 Å². The van der Waals surface area contributed by atoms with Gasteiger partial charge in [-0.05, 0) is 19.4 Å². The van der Waals surface area contributed by atoms with Crippen LogP contribution in [0.25, 0.3) is 0 Å². The maximum atomic E-state index is 11.5. The quantitative estimate of drug-likeness (QED) is 0.525. The van der Waals surface area contributed by atoms with Crippen molar-refractivity contribution in [3.63, 3.8) is 0 Å². The fourth-order valence-corrected chi connectivity index (χ4v) is 2.21. The standard InChI is InChI=1S/C14H15BrO4/c1-8(6-15)3-4-9-12(18-2)5-10-11(13(9)16)7-19-14(10)17/h3,5,16H,4,6-7H2,1-2H3/b8-3+. The van der Waals surface area contributed by atoms with Crippen molar-refractivity contribution in [2.45, 2.75) is 20.0 Å². The van der Waals surface area contributed by atoms with Gasteiger partial charge in [0.25, 0.3) is 0 Å². The molecule has 0 amide bonds. The molecular formula is C14H15BrO4. The van der Waals surface area contributed by atoms with Crippen molar-refractivity contribution >= 4 is 21.9 Å². The molecule has 0 aromatic heterocycles. The molecule has 19 heavy (non-hydrogen) atoms. The molecule has 1 heterocycles. The Balaban J connectivity index is 2.46. The van der Waals surface area contributed by atoms with Crippen LogP contribution >= 0.6 is 15.9 Å². The summed E-state index contributed by atoms with van der Waals surface area (Å²) in [6, 6.07) is 1.64. The minimum Gasteiger partial charge on any atom is -0.507 e. The number of allylic oxidation sites excluding steroid dienone is 2. The van der Waals surface area contributed by atoms with E-state index in [0.717, 1.165) is 10.9 Å². The van der Waals surface area contributed by atoms with Crippen LogP contribution in [0.3, 0.4) is 0 Å². The number of carbonyl (C=O) groups excluding carboxylic acids is 1. The number of phenols is 1. The Labute approximate surface area is 120 Å². The van der Waals surface area contributed by atoms with Gasteiger partial charge in [-0.1, -0.05) is 27.6 Å². The Hall–Kier alpha value is -1.49. The van der Waals surface area contributed by atoms with Crippen LogP contribution in [0.2, 0.25) is 0 Å². The molecule has 1 aliphatic heterocycles. The SMILES string of the molecule is COc1cc2c(c(O)c1C/C=C(\C)CBr)COC2=O. The van der Waals surface area contributed by atoms with Crippen LogP contribution < -0.4 is 4.74 Å². The number of aromatic hydroxyl groups is 1. The third-order valence-electron chi connectivity index (χ3n) is 3.12. The van der Waals surface area contributed by atoms with Gasteiger partial charge in [-0.2, -0.15) is 0 Å². The number of halogens is 1. The minimum absolute atomic E-state index is 0.0961. The van der Waals surface area contributed by atoms with E-state index in [1.165, 1.54) is 7.11 Å². The maximum absolute atomic E-state index is 11.5. The van der Waals surface area contributed by atoms with Crippen molar-refractivity contribution in [1.82, 2.24) is 0 Å². The highest BCUT2D eigenvalue weighted by atomic mass is 79.9. The highest BCUT2D eigenvalue weighted by molar-refractivity contribution is 9.09. The van der Waals surface area contributed by atoms with Gasteiger partial charge in [-0.15, -0.1) is 0 Å². The Morgan fingerprint density at radius 3 is 3.00 bits per heavy atom. The number of phenolic OH excluding ortho intramolecular Hbond substituents is 1. The number of rotatable bonds is 4. The predicted molar refractivity (Wildman–Crippen MR) is 75.0 cm³/mol. The number of benzene rings is 1. The number of hydrogen-bond donors (Lipinski definition) is 1. The smallest absolute Gasteiger partial charge is 0.339 e. The van der Waals surface area contributed by atoms with Gasteiger partial charge in [0.1, 0.15) is 18.1 Å². The summed E-state index contributed by atoms with van der Waals surface area (Å²) in [5.74, 6) is 0.190. The lowest BCUT2D eigenvalue weighted by atomic mass is 10.00. The molecule has 0 spiro atoms. The number of methoxy groups -OCH3 is 1. The third kappa shape index (κ3) is 2.61. The molecule has 1 aliphatic rings. The first-order valence-corrected chi connectivity index (χ1v) is 7.01. The van der Waals surface area contributed by atoms with Crippen LogP contribution in [-0.2, 0) is 17.8 Å². The number of esters is 1. The van der Waals surface area contributed by atoms with E-state index >= 15 is 0 Å². The lowest BCUT2D eigenvalue weighted by Gasteiger charge is -2.12. The molecule has 1 aromatic rings. The summed E-state index contributed by atoms with van der Waals surface area (Å²) in [5.41, 5.74) is 2.78. The zero-order valence-electron chi connectivity index (χ0n) is 10.8. The topological polar surface area (TPSA) is 55.8 Å². The van der Waals surface area contributed by atoms with E-state index < -0.39 is 5.97 Å². The van der Waals surface area contributed by atoms with E-state index in [1.807, 2.05) is 13.0 Å². The zero-order chi connectivity index (χ0) is 14.0. The predicted octanol–water partition coefficient (Wildman–Crippen LogP) is 2.95. The average molecular weight is 327 g/mol. The van der Waals surface area contributed by atoms with Gasteiger partial charge in [-0.3, -0.25) is 0 Å². The molecule has 0 unspecified atom stereocenters. The van der Waals surface area contributed by atoms with Crippen LogP contribution in [0.1, 0.15) is 28.4 Å². The Morgan fingerprint density at radius 2 is 2.37 bits per heavy atom. The maximum Gasteiger partial charge on any atom is 0.339 e. The summed E-state index contributed by atoms with van der Waals surface area (Å²) in [6.07, 6.45) is 2.56. The fraction of sp³-hybridized carbons (Fsp3) is 0.357. The molecule has 0 saturated heterocycles. The van der Waals surface area contributed by atoms with E-state index in [9.17, 15) is 9.90 Å². The second-order valence-electron chi connectivity index (χ2n) is 4.40. The van der Waals surface area contributed by atoms with Crippen molar-refractivity contribution in [3.8, 4) is 11.5 Å². The second-order valence-corrected chi connectivity index (χ2v) is 4.96. The summed E-state index contributed by atoms with van der Waals surface area (Å²) >= 11 is 3.37. The van der Waals surface area contributed by atoms with Crippen LogP contribution in [0.15, 0.2) is 17.7 Å². The molecule has 0 radical (unpaired) electrons. The van der Waals surface area contributed by atoms with Gasteiger partial charge in [-0.25, -0.2) is 4.79 Å². The van der Waals surface area contributed by atoms with Crippen LogP contribution in [0.4, 0.5) is 0 Å². The molecule has 0 atom stereocenters. The first-order chi connectivity index (χ1) is 9.08. The summed E-state index contributed by atoms with van der Waals surface area (Å²) < 4.78 is 10.2. The van der Waals surface area contributed by atoms with Crippen LogP contribution in [0.5, 0.6) is 11.5 Å². The van der Waals surface area contributed by atoms with Gasteiger partial charge in [0, 0.05) is 16.5 Å². The molecule has 102 valence electrons. The average Bonchev–Trinajstić information content (AvgIpc) is 2.78. The third-order valence-corrected chi connectivity index (χ3v) is 4.01. The molecule has 5 heteroatoms. The zero-order valence-corrected chi connectivity index (χ0v) is 12.4. The molecule has 0 fully saturated rings. The van der Waals surface area contributed by atoms with E-state index in [0.29, 0.717) is 28.9 Å². The molecule has 0 aliphatic carbocycles. The summed E-state index contributed by atoms with van der Waals surface area (Å²) in [6.45, 7) is 2.12. The van der Waals surface area contributed by atoms with E-state index in [4.69, 9.17) is 9.47 Å². The fourth-order valence-electron chi connectivity index (χ4n) is 1.99. The van der Waals surface area contributed by atoms with Crippen molar-refractivity contribution < 1.29 is 19.4 Å². The van der Waals surface area contributed by atoms with Gasteiger partial charge >= 0.3 is 5.97 Å². The lowest BCUT2D eigenvalue weighted by molar-refractivity contribution is 0.0534. The molecule has 1 aromatic carbocycles. The number of hydrogen-bond acceptors (Lipinski definition) is 4. The van der Waals surface area contributed by atoms with Crippen molar-refractivity contribution in [1.29, 1.82) is 0 Å². The van der Waals surface area contributed by atoms with Crippen LogP contribution in [0, 0.1) is 0 Å². The number of alkyl halides is 1. The number of ether oxygens (including phenoxy) is 2. The normalized spacial score (nSPS) is 14.3. The molecule has 1 N–H and O–H groups in total. The van der Waals surface area contributed by atoms with Gasteiger partial charge in [0.2, 0.25) is 0 Å². The number of carbonyl (C=O) groups is 1. The first kappa shape index (κ1) is 13.9.